The standard InChI is InChI=1S/C25H36N4O5/c1-7-34-20(30)12-13-25(24(4,5)6)14-17(15-28(25)23(32)33)26-22(31)21-18-10-8-9-11-19(18)29(27-21)16(2)3/h8-11,16-17H,7,12-15H2,1-6H3,(H,26,31)(H,32,33)/t17-,25+/m0/s1. The molecule has 0 radical (unpaired) electrons. The van der Waals surface area contributed by atoms with Gasteiger partial charge in [-0.1, -0.05) is 39.0 Å². The largest absolute Gasteiger partial charge is 0.466 e. The highest BCUT2D eigenvalue weighted by atomic mass is 16.5. The van der Waals surface area contributed by atoms with E-state index in [-0.39, 0.29) is 37.5 Å². The van der Waals surface area contributed by atoms with Crippen molar-refractivity contribution < 1.29 is 24.2 Å². The van der Waals surface area contributed by atoms with E-state index in [9.17, 15) is 19.5 Å². The number of esters is 1. The van der Waals surface area contributed by atoms with Gasteiger partial charge in [-0.2, -0.15) is 5.10 Å². The minimum Gasteiger partial charge on any atom is -0.466 e. The Morgan fingerprint density at radius 2 is 1.94 bits per heavy atom. The first kappa shape index (κ1) is 25.5. The van der Waals surface area contributed by atoms with Crippen LogP contribution in [0.15, 0.2) is 24.3 Å². The number of amides is 2. The van der Waals surface area contributed by atoms with Crippen LogP contribution < -0.4 is 5.32 Å². The molecule has 186 valence electrons. The number of rotatable bonds is 7. The lowest BCUT2D eigenvalue weighted by Gasteiger charge is -2.47. The van der Waals surface area contributed by atoms with Crippen molar-refractivity contribution in [1.82, 2.24) is 20.0 Å². The quantitative estimate of drug-likeness (QED) is 0.583. The second-order valence-corrected chi connectivity index (χ2v) is 10.3. The van der Waals surface area contributed by atoms with E-state index in [2.05, 4.69) is 10.4 Å². The summed E-state index contributed by atoms with van der Waals surface area (Å²) in [6, 6.07) is 7.25. The van der Waals surface area contributed by atoms with Crippen LogP contribution >= 0.6 is 0 Å². The molecule has 1 aliphatic heterocycles. The van der Waals surface area contributed by atoms with Gasteiger partial charge in [-0.25, -0.2) is 4.79 Å². The molecule has 0 spiro atoms. The van der Waals surface area contributed by atoms with E-state index in [1.165, 1.54) is 4.90 Å². The summed E-state index contributed by atoms with van der Waals surface area (Å²) < 4.78 is 6.90. The number of carbonyl (C=O) groups is 3. The van der Waals surface area contributed by atoms with Gasteiger partial charge in [-0.15, -0.1) is 0 Å². The number of carboxylic acid groups (broad SMARTS) is 1. The van der Waals surface area contributed by atoms with Crippen molar-refractivity contribution in [3.8, 4) is 0 Å². The third kappa shape index (κ3) is 4.74. The van der Waals surface area contributed by atoms with Crippen molar-refractivity contribution >= 4 is 28.9 Å². The van der Waals surface area contributed by atoms with Crippen molar-refractivity contribution in [2.75, 3.05) is 13.2 Å². The highest BCUT2D eigenvalue weighted by Crippen LogP contribution is 2.47. The minimum atomic E-state index is -1.06. The fraction of sp³-hybridized carbons (Fsp3) is 0.600. The molecule has 1 aromatic heterocycles. The first-order chi connectivity index (χ1) is 15.9. The van der Waals surface area contributed by atoms with E-state index in [1.54, 1.807) is 6.92 Å². The van der Waals surface area contributed by atoms with Gasteiger partial charge in [-0.05, 0) is 45.1 Å². The zero-order valence-corrected chi connectivity index (χ0v) is 20.9. The molecule has 9 heteroatoms. The Morgan fingerprint density at radius 1 is 1.26 bits per heavy atom. The average Bonchev–Trinajstić information content (AvgIpc) is 3.32. The molecule has 3 rings (SSSR count). The van der Waals surface area contributed by atoms with Gasteiger partial charge >= 0.3 is 12.1 Å². The molecule has 1 aromatic carbocycles. The molecule has 2 atom stereocenters. The SMILES string of the molecule is CCOC(=O)CC[C@]1(C(C)(C)C)C[C@H](NC(=O)c2nn(C(C)C)c3ccccc23)CN1C(=O)O. The number of carbonyl (C=O) groups excluding carboxylic acids is 2. The number of nitrogens with zero attached hydrogens (tertiary/aromatic N) is 3. The van der Waals surface area contributed by atoms with Crippen LogP contribution in [0.3, 0.4) is 0 Å². The predicted octanol–water partition coefficient (Wildman–Crippen LogP) is 4.23. The number of nitrogens with one attached hydrogen (secondary N) is 1. The Balaban J connectivity index is 1.89. The molecule has 0 bridgehead atoms. The van der Waals surface area contributed by atoms with Gasteiger partial charge in [0.15, 0.2) is 5.69 Å². The van der Waals surface area contributed by atoms with Crippen molar-refractivity contribution in [3.63, 3.8) is 0 Å². The summed E-state index contributed by atoms with van der Waals surface area (Å²) in [6.45, 7) is 12.1. The van der Waals surface area contributed by atoms with Gasteiger partial charge in [0.2, 0.25) is 0 Å². The van der Waals surface area contributed by atoms with Crippen molar-refractivity contribution in [2.45, 2.75) is 78.4 Å². The molecule has 2 aromatic rings. The van der Waals surface area contributed by atoms with Crippen LogP contribution in [0, 0.1) is 5.41 Å². The average molecular weight is 473 g/mol. The van der Waals surface area contributed by atoms with Gasteiger partial charge in [0.25, 0.3) is 5.91 Å². The number of hydrogen-bond acceptors (Lipinski definition) is 5. The maximum atomic E-state index is 13.3. The molecule has 2 N–H and O–H groups in total. The topological polar surface area (TPSA) is 114 Å². The van der Waals surface area contributed by atoms with Crippen LogP contribution in [-0.2, 0) is 9.53 Å². The Hall–Kier alpha value is -3.10. The highest BCUT2D eigenvalue weighted by molar-refractivity contribution is 6.05. The summed E-state index contributed by atoms with van der Waals surface area (Å²) in [5, 5.41) is 18.4. The molecule has 1 aliphatic rings. The van der Waals surface area contributed by atoms with Crippen LogP contribution in [0.5, 0.6) is 0 Å². The lowest BCUT2D eigenvalue weighted by atomic mass is 9.69. The summed E-state index contributed by atoms with van der Waals surface area (Å²) in [4.78, 5) is 39.1. The summed E-state index contributed by atoms with van der Waals surface area (Å²) in [7, 11) is 0. The first-order valence-corrected chi connectivity index (χ1v) is 11.9. The summed E-state index contributed by atoms with van der Waals surface area (Å²) >= 11 is 0. The number of fused-ring (bicyclic) bond motifs is 1. The molecule has 9 nitrogen and oxygen atoms in total. The fourth-order valence-corrected chi connectivity index (χ4v) is 5.10. The van der Waals surface area contributed by atoms with E-state index >= 15 is 0 Å². The molecule has 1 saturated heterocycles. The monoisotopic (exact) mass is 472 g/mol. The number of benzene rings is 1. The second-order valence-electron chi connectivity index (χ2n) is 10.3. The number of para-hydroxylation sites is 1. The number of likely N-dealkylation sites (tertiary alicyclic amines) is 1. The number of ether oxygens (including phenoxy) is 1. The van der Waals surface area contributed by atoms with Crippen LogP contribution in [0.4, 0.5) is 4.79 Å². The first-order valence-electron chi connectivity index (χ1n) is 11.9. The molecule has 2 amide bonds. The van der Waals surface area contributed by atoms with E-state index < -0.39 is 23.1 Å². The molecule has 1 fully saturated rings. The van der Waals surface area contributed by atoms with Gasteiger partial charge in [0, 0.05) is 30.4 Å². The second kappa shape index (κ2) is 9.64. The lowest BCUT2D eigenvalue weighted by molar-refractivity contribution is -0.144. The molecule has 34 heavy (non-hydrogen) atoms. The summed E-state index contributed by atoms with van der Waals surface area (Å²) in [5.74, 6) is -0.685. The van der Waals surface area contributed by atoms with Gasteiger partial charge < -0.3 is 20.1 Å². The third-order valence-electron chi connectivity index (χ3n) is 6.83. The highest BCUT2D eigenvalue weighted by Gasteiger charge is 2.55. The van der Waals surface area contributed by atoms with Crippen molar-refractivity contribution in [2.24, 2.45) is 5.41 Å². The van der Waals surface area contributed by atoms with Crippen LogP contribution in [0.1, 0.15) is 77.3 Å². The molecule has 2 heterocycles. The summed E-state index contributed by atoms with van der Waals surface area (Å²) in [6.07, 6.45) is -0.237. The lowest BCUT2D eigenvalue weighted by Crippen LogP contribution is -2.55. The molecular formula is C25H36N4O5. The van der Waals surface area contributed by atoms with Crippen LogP contribution in [0.2, 0.25) is 0 Å². The minimum absolute atomic E-state index is 0.0804. The van der Waals surface area contributed by atoms with Gasteiger partial charge in [0.05, 0.1) is 17.7 Å². The Labute approximate surface area is 200 Å². The van der Waals surface area contributed by atoms with Crippen molar-refractivity contribution in [1.29, 1.82) is 0 Å². The van der Waals surface area contributed by atoms with E-state index in [0.29, 0.717) is 18.5 Å². The van der Waals surface area contributed by atoms with E-state index in [4.69, 9.17) is 4.74 Å². The number of aromatic nitrogens is 2. The zero-order valence-electron chi connectivity index (χ0n) is 20.9. The van der Waals surface area contributed by atoms with E-state index in [0.717, 1.165) is 10.9 Å². The molecular weight excluding hydrogens is 436 g/mol. The van der Waals surface area contributed by atoms with E-state index in [1.807, 2.05) is 63.6 Å². The normalized spacial score (nSPS) is 20.7. The van der Waals surface area contributed by atoms with Crippen molar-refractivity contribution in [3.05, 3.63) is 30.0 Å². The Bertz CT molecular complexity index is 1070. The molecule has 0 aliphatic carbocycles. The Morgan fingerprint density at radius 3 is 2.53 bits per heavy atom. The fourth-order valence-electron chi connectivity index (χ4n) is 5.10. The summed E-state index contributed by atoms with van der Waals surface area (Å²) in [5.41, 5.74) is -0.0997. The Kier molecular flexibility index (Phi) is 7.24. The number of hydrogen-bond donors (Lipinski definition) is 2. The van der Waals surface area contributed by atoms with Crippen LogP contribution in [0.25, 0.3) is 10.9 Å². The predicted molar refractivity (Wildman–Crippen MR) is 129 cm³/mol. The smallest absolute Gasteiger partial charge is 0.407 e. The zero-order chi connectivity index (χ0) is 25.3. The molecule has 0 saturated carbocycles. The third-order valence-corrected chi connectivity index (χ3v) is 6.83. The van der Waals surface area contributed by atoms with Crippen LogP contribution in [-0.4, -0.2) is 62.5 Å². The van der Waals surface area contributed by atoms with Gasteiger partial charge in [0.1, 0.15) is 0 Å². The maximum absolute atomic E-state index is 13.3. The van der Waals surface area contributed by atoms with Gasteiger partial charge in [-0.3, -0.25) is 14.3 Å². The maximum Gasteiger partial charge on any atom is 0.407 e. The molecule has 0 unspecified atom stereocenters.